The predicted octanol–water partition coefficient (Wildman–Crippen LogP) is 3.96. The van der Waals surface area contributed by atoms with Gasteiger partial charge in [0.2, 0.25) is 0 Å². The number of rotatable bonds is 7. The molecule has 0 spiro atoms. The number of hydrogen-bond donors (Lipinski definition) is 1. The monoisotopic (exact) mass is 449 g/mol. The number of aromatic nitrogens is 3. The normalized spacial score (nSPS) is 15.5. The van der Waals surface area contributed by atoms with Crippen LogP contribution in [0, 0.1) is 6.92 Å². The lowest BCUT2D eigenvalue weighted by Gasteiger charge is -2.23. The van der Waals surface area contributed by atoms with E-state index in [0.717, 1.165) is 25.7 Å². The summed E-state index contributed by atoms with van der Waals surface area (Å²) in [5.74, 6) is 1.27. The van der Waals surface area contributed by atoms with E-state index in [-0.39, 0.29) is 17.9 Å². The number of carbonyl (C=O) groups is 2. The number of para-hydroxylation sites is 2. The van der Waals surface area contributed by atoms with Gasteiger partial charge in [-0.25, -0.2) is 9.97 Å². The van der Waals surface area contributed by atoms with Crippen LogP contribution in [0.3, 0.4) is 0 Å². The Bertz CT molecular complexity index is 1160. The summed E-state index contributed by atoms with van der Waals surface area (Å²) in [7, 11) is 1.55. The molecule has 1 aromatic carbocycles. The number of aryl methyl sites for hydroxylation is 2. The van der Waals surface area contributed by atoms with Crippen molar-refractivity contribution in [3.05, 3.63) is 65.1 Å². The molecule has 0 unspecified atom stereocenters. The molecule has 33 heavy (non-hydrogen) atoms. The van der Waals surface area contributed by atoms with Crippen LogP contribution in [-0.2, 0) is 6.42 Å². The first-order valence-corrected chi connectivity index (χ1v) is 11.1. The maximum absolute atomic E-state index is 13.0. The Kier molecular flexibility index (Phi) is 6.67. The quantitative estimate of drug-likeness (QED) is 0.581. The van der Waals surface area contributed by atoms with E-state index < -0.39 is 0 Å². The molecule has 3 aromatic rings. The molecule has 1 aliphatic rings. The van der Waals surface area contributed by atoms with Crippen molar-refractivity contribution in [1.29, 1.82) is 0 Å². The van der Waals surface area contributed by atoms with Crippen LogP contribution in [0.15, 0.2) is 41.1 Å². The number of likely N-dealkylation sites (tertiary alicyclic amines) is 1. The highest BCUT2D eigenvalue weighted by atomic mass is 16.5. The fraction of sp³-hybridized carbons (Fsp3) is 0.375. The summed E-state index contributed by atoms with van der Waals surface area (Å²) in [6, 6.07) is 8.62. The van der Waals surface area contributed by atoms with E-state index in [0.29, 0.717) is 46.5 Å². The van der Waals surface area contributed by atoms with Crippen molar-refractivity contribution in [2.45, 2.75) is 45.6 Å². The minimum Gasteiger partial charge on any atom is -0.495 e. The van der Waals surface area contributed by atoms with Crippen LogP contribution in [0.4, 0.5) is 5.69 Å². The summed E-state index contributed by atoms with van der Waals surface area (Å²) in [6.45, 7) is 4.40. The van der Waals surface area contributed by atoms with Gasteiger partial charge in [-0.2, -0.15) is 0 Å². The van der Waals surface area contributed by atoms with Gasteiger partial charge in [0, 0.05) is 25.2 Å². The van der Waals surface area contributed by atoms with Crippen LogP contribution < -0.4 is 10.1 Å². The maximum Gasteiger partial charge on any atom is 0.276 e. The average molecular weight is 450 g/mol. The van der Waals surface area contributed by atoms with E-state index >= 15 is 0 Å². The summed E-state index contributed by atoms with van der Waals surface area (Å²) in [5.41, 5.74) is 1.77. The number of hydrogen-bond acceptors (Lipinski definition) is 7. The minimum absolute atomic E-state index is 0.192. The molecule has 2 amide bonds. The van der Waals surface area contributed by atoms with Gasteiger partial charge < -0.3 is 19.5 Å². The lowest BCUT2D eigenvalue weighted by molar-refractivity contribution is 0.0718. The molecule has 2 aromatic heterocycles. The molecular formula is C24H27N5O4. The van der Waals surface area contributed by atoms with Gasteiger partial charge in [-0.15, -0.1) is 0 Å². The van der Waals surface area contributed by atoms with Crippen LogP contribution >= 0.6 is 0 Å². The molecule has 1 fully saturated rings. The summed E-state index contributed by atoms with van der Waals surface area (Å²) in [4.78, 5) is 36.6. The molecule has 0 radical (unpaired) electrons. The molecule has 3 heterocycles. The zero-order valence-corrected chi connectivity index (χ0v) is 19.0. The number of amides is 2. The Labute approximate surface area is 192 Å². The number of carbonyl (C=O) groups excluding carboxylic acids is 2. The van der Waals surface area contributed by atoms with E-state index in [2.05, 4.69) is 20.4 Å². The van der Waals surface area contributed by atoms with Gasteiger partial charge in [0.25, 0.3) is 11.8 Å². The molecule has 4 rings (SSSR count). The van der Waals surface area contributed by atoms with E-state index in [4.69, 9.17) is 9.26 Å². The molecule has 1 N–H and O–H groups in total. The summed E-state index contributed by atoms with van der Waals surface area (Å²) in [6.07, 6.45) is 4.76. The molecule has 0 aliphatic carbocycles. The molecular weight excluding hydrogens is 422 g/mol. The minimum atomic E-state index is -0.325. The molecule has 9 nitrogen and oxygen atoms in total. The van der Waals surface area contributed by atoms with E-state index in [1.807, 2.05) is 19.1 Å². The third-order valence-corrected chi connectivity index (χ3v) is 5.68. The number of nitrogens with zero attached hydrogens (tertiary/aromatic N) is 4. The first-order chi connectivity index (χ1) is 16.0. The third-order valence-electron chi connectivity index (χ3n) is 5.68. The molecule has 172 valence electrons. The second-order valence-corrected chi connectivity index (χ2v) is 7.97. The Morgan fingerprint density at radius 1 is 1.30 bits per heavy atom. The zero-order valence-electron chi connectivity index (χ0n) is 19.0. The topological polar surface area (TPSA) is 110 Å². The molecule has 1 saturated heterocycles. The van der Waals surface area contributed by atoms with E-state index in [1.165, 1.54) is 6.20 Å². The van der Waals surface area contributed by atoms with E-state index in [1.54, 1.807) is 37.1 Å². The van der Waals surface area contributed by atoms with Gasteiger partial charge >= 0.3 is 0 Å². The largest absolute Gasteiger partial charge is 0.495 e. The highest BCUT2D eigenvalue weighted by molar-refractivity contribution is 6.05. The van der Waals surface area contributed by atoms with Crippen molar-refractivity contribution in [1.82, 2.24) is 20.0 Å². The standard InChI is InChI=1S/C24H27N5O4/c1-4-8-16-13-19(28-33-16)24(31)29-12-7-10-20(29)22-25-14-17(15(2)26-22)23(30)27-18-9-5-6-11-21(18)32-3/h5-6,9,11,13-14,20H,4,7-8,10,12H2,1-3H3,(H,27,30)/t20-/m0/s1. The third kappa shape index (κ3) is 4.72. The lowest BCUT2D eigenvalue weighted by Crippen LogP contribution is -2.32. The molecule has 0 saturated carbocycles. The fourth-order valence-electron chi connectivity index (χ4n) is 4.01. The smallest absolute Gasteiger partial charge is 0.276 e. The van der Waals surface area contributed by atoms with E-state index in [9.17, 15) is 9.59 Å². The molecule has 9 heteroatoms. The van der Waals surface area contributed by atoms with Gasteiger partial charge in [0.1, 0.15) is 11.5 Å². The van der Waals surface area contributed by atoms with Crippen LogP contribution in [-0.4, -0.2) is 45.5 Å². The van der Waals surface area contributed by atoms with Crippen LogP contribution in [0.5, 0.6) is 5.75 Å². The Morgan fingerprint density at radius 2 is 2.12 bits per heavy atom. The molecule has 1 atom stereocenters. The number of anilines is 1. The van der Waals surface area contributed by atoms with Gasteiger partial charge in [0.15, 0.2) is 11.5 Å². The van der Waals surface area contributed by atoms with Crippen LogP contribution in [0.1, 0.15) is 70.4 Å². The second kappa shape index (κ2) is 9.81. The Balaban J connectivity index is 1.51. The Hall–Kier alpha value is -3.75. The van der Waals surface area contributed by atoms with Gasteiger partial charge in [-0.1, -0.05) is 24.2 Å². The first kappa shape index (κ1) is 22.4. The average Bonchev–Trinajstić information content (AvgIpc) is 3.49. The molecule has 1 aliphatic heterocycles. The summed E-state index contributed by atoms with van der Waals surface area (Å²) in [5, 5.41) is 6.79. The van der Waals surface area contributed by atoms with Crippen molar-refractivity contribution in [2.75, 3.05) is 19.0 Å². The van der Waals surface area contributed by atoms with Crippen molar-refractivity contribution >= 4 is 17.5 Å². The number of methoxy groups -OCH3 is 1. The fourth-order valence-corrected chi connectivity index (χ4v) is 4.01. The summed E-state index contributed by atoms with van der Waals surface area (Å²) < 4.78 is 10.6. The maximum atomic E-state index is 13.0. The predicted molar refractivity (Wildman–Crippen MR) is 121 cm³/mol. The van der Waals surface area contributed by atoms with Crippen LogP contribution in [0.2, 0.25) is 0 Å². The number of benzene rings is 1. The SMILES string of the molecule is CCCc1cc(C(=O)N2CCC[C@H]2c2ncc(C(=O)Nc3ccccc3OC)c(C)n2)no1. The lowest BCUT2D eigenvalue weighted by atomic mass is 10.1. The number of nitrogens with one attached hydrogen (secondary N) is 1. The Morgan fingerprint density at radius 3 is 2.88 bits per heavy atom. The van der Waals surface area contributed by atoms with Crippen molar-refractivity contribution in [3.63, 3.8) is 0 Å². The number of ether oxygens (including phenoxy) is 1. The van der Waals surface area contributed by atoms with Crippen molar-refractivity contribution in [3.8, 4) is 5.75 Å². The first-order valence-electron chi connectivity index (χ1n) is 11.1. The van der Waals surface area contributed by atoms with Crippen molar-refractivity contribution in [2.24, 2.45) is 0 Å². The molecule has 0 bridgehead atoms. The van der Waals surface area contributed by atoms with Crippen molar-refractivity contribution < 1.29 is 18.8 Å². The van der Waals surface area contributed by atoms with Gasteiger partial charge in [0.05, 0.1) is 30.1 Å². The van der Waals surface area contributed by atoms with Crippen LogP contribution in [0.25, 0.3) is 0 Å². The summed E-state index contributed by atoms with van der Waals surface area (Å²) >= 11 is 0. The zero-order chi connectivity index (χ0) is 23.4. The highest BCUT2D eigenvalue weighted by Crippen LogP contribution is 2.32. The second-order valence-electron chi connectivity index (χ2n) is 7.97. The van der Waals surface area contributed by atoms with Gasteiger partial charge in [-0.3, -0.25) is 9.59 Å². The van der Waals surface area contributed by atoms with Gasteiger partial charge in [-0.05, 0) is 38.3 Å². The highest BCUT2D eigenvalue weighted by Gasteiger charge is 2.34.